The zero-order chi connectivity index (χ0) is 29.7. The van der Waals surface area contributed by atoms with Crippen molar-refractivity contribution in [2.75, 3.05) is 18.4 Å². The van der Waals surface area contributed by atoms with Gasteiger partial charge in [0, 0.05) is 18.8 Å². The number of nitrogens with one attached hydrogen (secondary N) is 1. The molecule has 2 fully saturated rings. The van der Waals surface area contributed by atoms with Crippen LogP contribution in [-0.4, -0.2) is 64.6 Å². The van der Waals surface area contributed by atoms with E-state index in [4.69, 9.17) is 9.47 Å². The molecule has 3 aromatic carbocycles. The second-order valence-corrected chi connectivity index (χ2v) is 11.4. The van der Waals surface area contributed by atoms with E-state index < -0.39 is 23.9 Å². The summed E-state index contributed by atoms with van der Waals surface area (Å²) in [6.45, 7) is 6.36. The minimum Gasteiger partial charge on any atom is -0.444 e. The van der Waals surface area contributed by atoms with Gasteiger partial charge in [0.25, 0.3) is 5.91 Å². The third-order valence-corrected chi connectivity index (χ3v) is 6.94. The van der Waals surface area contributed by atoms with Crippen LogP contribution in [0, 0.1) is 0 Å². The Bertz CT molecular complexity index is 1420. The van der Waals surface area contributed by atoms with Crippen LogP contribution in [-0.2, 0) is 25.6 Å². The summed E-state index contributed by atoms with van der Waals surface area (Å²) in [6.07, 6.45) is -2.03. The first kappa shape index (κ1) is 28.9. The number of amides is 3. The monoisotopic (exact) mass is 569 g/mol. The molecule has 42 heavy (non-hydrogen) atoms. The summed E-state index contributed by atoms with van der Waals surface area (Å²) in [5, 5.41) is 11.3. The lowest BCUT2D eigenvalue weighted by molar-refractivity contribution is -0.169. The number of benzene rings is 3. The summed E-state index contributed by atoms with van der Waals surface area (Å²) in [5.41, 5.74) is 2.26. The fourth-order valence-electron chi connectivity index (χ4n) is 5.00. The van der Waals surface area contributed by atoms with Gasteiger partial charge >= 0.3 is 6.09 Å². The number of morpholine rings is 1. The van der Waals surface area contributed by atoms with Crippen LogP contribution in [0.2, 0.25) is 0 Å². The van der Waals surface area contributed by atoms with Crippen LogP contribution in [0.4, 0.5) is 21.9 Å². The van der Waals surface area contributed by atoms with Gasteiger partial charge < -0.3 is 24.6 Å². The summed E-state index contributed by atoms with van der Waals surface area (Å²) in [7, 11) is 0. The molecule has 3 unspecified atom stereocenters. The molecule has 0 radical (unpaired) electrons. The van der Waals surface area contributed by atoms with E-state index in [0.29, 0.717) is 24.5 Å². The summed E-state index contributed by atoms with van der Waals surface area (Å²) >= 11 is 0. The minimum atomic E-state index is -0.979. The van der Waals surface area contributed by atoms with E-state index in [2.05, 4.69) is 15.5 Å². The van der Waals surface area contributed by atoms with Crippen molar-refractivity contribution in [3.63, 3.8) is 0 Å². The van der Waals surface area contributed by atoms with Crippen molar-refractivity contribution in [2.24, 2.45) is 10.2 Å². The molecule has 3 aromatic rings. The standard InChI is InChI=1S/C32H35N5O5/c1-32(2,3)42-31(40)36-20-26-28(21-36)41-27(30(39)37(26)19-22-10-6-4-7-11-22)18-29(38)33-23-14-16-25(17-15-23)35-34-24-12-8-5-9-13-24/h4-17,26-28H,18-21H2,1-3H3,(H,33,38). The van der Waals surface area contributed by atoms with Crippen molar-refractivity contribution in [1.29, 1.82) is 0 Å². The summed E-state index contributed by atoms with van der Waals surface area (Å²) in [4.78, 5) is 42.8. The van der Waals surface area contributed by atoms with Gasteiger partial charge in [-0.2, -0.15) is 10.2 Å². The van der Waals surface area contributed by atoms with Crippen LogP contribution in [0.1, 0.15) is 32.8 Å². The van der Waals surface area contributed by atoms with E-state index in [-0.39, 0.29) is 30.8 Å². The topological polar surface area (TPSA) is 113 Å². The van der Waals surface area contributed by atoms with E-state index in [9.17, 15) is 14.4 Å². The average molecular weight is 570 g/mol. The summed E-state index contributed by atoms with van der Waals surface area (Å²) < 4.78 is 11.7. The number of carbonyl (C=O) groups excluding carboxylic acids is 3. The van der Waals surface area contributed by atoms with E-state index in [1.165, 1.54) is 0 Å². The molecule has 10 heteroatoms. The van der Waals surface area contributed by atoms with Crippen molar-refractivity contribution in [2.45, 2.75) is 57.6 Å². The Balaban J connectivity index is 1.25. The van der Waals surface area contributed by atoms with Gasteiger partial charge in [-0.3, -0.25) is 9.59 Å². The summed E-state index contributed by atoms with van der Waals surface area (Å²) in [5.74, 6) is -0.634. The minimum absolute atomic E-state index is 0.157. The quantitative estimate of drug-likeness (QED) is 0.359. The zero-order valence-electron chi connectivity index (χ0n) is 24.0. The molecule has 2 aliphatic heterocycles. The zero-order valence-corrected chi connectivity index (χ0v) is 24.0. The number of fused-ring (bicyclic) bond motifs is 1. The first-order valence-electron chi connectivity index (χ1n) is 14.0. The van der Waals surface area contributed by atoms with E-state index in [1.54, 1.807) is 34.1 Å². The maximum Gasteiger partial charge on any atom is 0.410 e. The first-order valence-corrected chi connectivity index (χ1v) is 14.0. The molecular formula is C32H35N5O5. The fourth-order valence-corrected chi connectivity index (χ4v) is 5.00. The largest absolute Gasteiger partial charge is 0.444 e. The highest BCUT2D eigenvalue weighted by molar-refractivity contribution is 5.95. The van der Waals surface area contributed by atoms with E-state index in [0.717, 1.165) is 11.3 Å². The number of carbonyl (C=O) groups is 3. The van der Waals surface area contributed by atoms with Crippen molar-refractivity contribution in [1.82, 2.24) is 9.80 Å². The number of rotatable bonds is 7. The molecule has 0 bridgehead atoms. The summed E-state index contributed by atoms with van der Waals surface area (Å²) in [6, 6.07) is 25.7. The van der Waals surface area contributed by atoms with E-state index >= 15 is 0 Å². The fraction of sp³-hybridized carbons (Fsp3) is 0.344. The predicted molar refractivity (Wildman–Crippen MR) is 158 cm³/mol. The average Bonchev–Trinajstić information content (AvgIpc) is 3.39. The molecular weight excluding hydrogens is 534 g/mol. The SMILES string of the molecule is CC(C)(C)OC(=O)N1CC2OC(CC(=O)Nc3ccc(N=Nc4ccccc4)cc3)C(=O)N(Cc3ccccc3)C2C1. The number of azo groups is 1. The molecule has 2 saturated heterocycles. The molecule has 3 amide bonds. The van der Waals surface area contributed by atoms with Crippen LogP contribution in [0.15, 0.2) is 95.2 Å². The first-order chi connectivity index (χ1) is 20.1. The van der Waals surface area contributed by atoms with Gasteiger partial charge in [0.1, 0.15) is 11.7 Å². The Kier molecular flexibility index (Phi) is 8.63. The smallest absolute Gasteiger partial charge is 0.410 e. The molecule has 0 aromatic heterocycles. The third kappa shape index (κ3) is 7.38. The second kappa shape index (κ2) is 12.5. The molecule has 3 atom stereocenters. The highest BCUT2D eigenvalue weighted by atomic mass is 16.6. The van der Waals surface area contributed by atoms with Gasteiger partial charge in [0.15, 0.2) is 0 Å². The Morgan fingerprint density at radius 1 is 0.905 bits per heavy atom. The van der Waals surface area contributed by atoms with Gasteiger partial charge in [0.05, 0.1) is 36.5 Å². The van der Waals surface area contributed by atoms with Crippen LogP contribution in [0.5, 0.6) is 0 Å². The van der Waals surface area contributed by atoms with Gasteiger partial charge in [-0.25, -0.2) is 4.79 Å². The molecule has 10 nitrogen and oxygen atoms in total. The molecule has 2 heterocycles. The maximum absolute atomic E-state index is 13.7. The van der Waals surface area contributed by atoms with E-state index in [1.807, 2.05) is 81.4 Å². The number of hydrogen-bond acceptors (Lipinski definition) is 7. The predicted octanol–water partition coefficient (Wildman–Crippen LogP) is 5.85. The highest BCUT2D eigenvalue weighted by Gasteiger charge is 2.49. The van der Waals surface area contributed by atoms with Gasteiger partial charge in [-0.15, -0.1) is 0 Å². The molecule has 218 valence electrons. The van der Waals surface area contributed by atoms with Crippen LogP contribution >= 0.6 is 0 Å². The van der Waals surface area contributed by atoms with Crippen LogP contribution in [0.25, 0.3) is 0 Å². The molecule has 0 aliphatic carbocycles. The number of hydrogen-bond donors (Lipinski definition) is 1. The van der Waals surface area contributed by atoms with Crippen molar-refractivity contribution in [3.05, 3.63) is 90.5 Å². The number of anilines is 1. The van der Waals surface area contributed by atoms with Crippen LogP contribution in [0.3, 0.4) is 0 Å². The molecule has 5 rings (SSSR count). The lowest BCUT2D eigenvalue weighted by atomic mass is 10.0. The number of likely N-dealkylation sites (tertiary alicyclic amines) is 1. The highest BCUT2D eigenvalue weighted by Crippen LogP contribution is 2.30. The number of nitrogens with zero attached hydrogens (tertiary/aromatic N) is 4. The van der Waals surface area contributed by atoms with Gasteiger partial charge in [0.2, 0.25) is 5.91 Å². The van der Waals surface area contributed by atoms with Gasteiger partial charge in [-0.05, 0) is 62.7 Å². The second-order valence-electron chi connectivity index (χ2n) is 11.4. The third-order valence-electron chi connectivity index (χ3n) is 6.94. The van der Waals surface area contributed by atoms with Crippen molar-refractivity contribution < 1.29 is 23.9 Å². The van der Waals surface area contributed by atoms with Crippen molar-refractivity contribution >= 4 is 35.0 Å². The lowest BCUT2D eigenvalue weighted by Crippen LogP contribution is -2.58. The molecule has 2 aliphatic rings. The number of ether oxygens (including phenoxy) is 2. The Morgan fingerprint density at radius 3 is 2.17 bits per heavy atom. The van der Waals surface area contributed by atoms with Crippen molar-refractivity contribution in [3.8, 4) is 0 Å². The Labute approximate surface area is 245 Å². The Hall–Kier alpha value is -4.57. The molecule has 0 saturated carbocycles. The lowest BCUT2D eigenvalue weighted by Gasteiger charge is -2.40. The normalized spacial score (nSPS) is 20.5. The van der Waals surface area contributed by atoms with Gasteiger partial charge in [-0.1, -0.05) is 48.5 Å². The van der Waals surface area contributed by atoms with Crippen LogP contribution < -0.4 is 5.32 Å². The molecule has 1 N–H and O–H groups in total. The molecule has 0 spiro atoms. The Morgan fingerprint density at radius 2 is 1.52 bits per heavy atom. The maximum atomic E-state index is 13.7.